The Labute approximate surface area is 556 Å². The topological polar surface area (TPSA) is 411 Å². The van der Waals surface area contributed by atoms with Gasteiger partial charge in [-0.05, 0) is 90.9 Å². The number of nitrogens with zero attached hydrogens (tertiary/aromatic N) is 5. The van der Waals surface area contributed by atoms with E-state index in [9.17, 15) is 57.8 Å². The first-order valence-corrected chi connectivity index (χ1v) is 31.5. The number of ether oxygens (including phenoxy) is 4. The number of hydrogen-bond acceptors (Lipinski definition) is 17. The number of carbonyl (C=O) groups excluding carboxylic acids is 11. The summed E-state index contributed by atoms with van der Waals surface area (Å²) >= 11 is 6.66. The molecule has 31 heteroatoms. The van der Waals surface area contributed by atoms with Crippen LogP contribution >= 0.6 is 11.6 Å². The van der Waals surface area contributed by atoms with Gasteiger partial charge in [0.05, 0.1) is 42.9 Å². The number of anilines is 3. The van der Waals surface area contributed by atoms with Gasteiger partial charge in [-0.3, -0.25) is 33.7 Å². The highest BCUT2D eigenvalue weighted by Gasteiger charge is 2.37. The third-order valence-corrected chi connectivity index (χ3v) is 16.3. The van der Waals surface area contributed by atoms with Crippen molar-refractivity contribution in [3.63, 3.8) is 0 Å². The van der Waals surface area contributed by atoms with E-state index in [4.69, 9.17) is 42.0 Å². The number of nitrogens with two attached hydrogens (primary N) is 2. The number of aromatic amines is 1. The van der Waals surface area contributed by atoms with Gasteiger partial charge < -0.3 is 87.1 Å². The molecular formula is C65H77ClN14O16. The quantitative estimate of drug-likeness (QED) is 0.0147. The summed E-state index contributed by atoms with van der Waals surface area (Å²) in [4.78, 5) is 155. The number of alkyl halides is 1. The lowest BCUT2D eigenvalue weighted by atomic mass is 9.92. The van der Waals surface area contributed by atoms with E-state index in [1.165, 1.54) is 29.1 Å². The molecule has 3 aliphatic rings. The van der Waals surface area contributed by atoms with Crippen LogP contribution in [0.15, 0.2) is 102 Å². The molecule has 1 aliphatic carbocycles. The van der Waals surface area contributed by atoms with Crippen LogP contribution in [-0.2, 0) is 44.8 Å². The molecule has 8 rings (SSSR count). The molecule has 0 fully saturated rings. The van der Waals surface area contributed by atoms with Crippen LogP contribution in [-0.4, -0.2) is 186 Å². The zero-order chi connectivity index (χ0) is 69.2. The average Bonchev–Trinajstić information content (AvgIpc) is 1.54. The molecule has 5 aromatic rings. The molecule has 96 heavy (non-hydrogen) atoms. The standard InChI is InChI=1S/C65H77ClN14O16/c1-37(2)56(76-63(90)94-29-28-93-27-26-79-52(82)19-20-53(79)83)59(86)74-46(10-6-21-69-61(67)88)58(85)72-43-15-11-39(12-16-43)36-95-64(91)77(4)24-25-78(23-7-22-70-62(68)89)65(92)96-50-32-49-55(54-38(3)8-5-9-45(50)54)42(33-66)35-80(49)60(87)47-30-41-31-51(71-34-48(41)73-47)75-57(84)40-13-17-44(81)18-14-40/h5,8-9,11-13,15-17,19-20,30-32,34,37,42,46,56,73,81H,6-7,10,14,18,21-29,33,35-36H2,1-4H3,(H,72,85)(H,74,86)(H,76,90)(H3,67,69,88)(H3,68,70,89)(H,71,75,84)/t42-,46+,56+/m1/s1. The van der Waals surface area contributed by atoms with E-state index in [1.807, 2.05) is 19.1 Å². The van der Waals surface area contributed by atoms with Gasteiger partial charge in [-0.25, -0.2) is 29.0 Å². The summed E-state index contributed by atoms with van der Waals surface area (Å²) in [5.41, 5.74) is 14.7. The van der Waals surface area contributed by atoms with Crippen molar-refractivity contribution in [2.75, 3.05) is 94.1 Å². The number of halogens is 1. The molecule has 30 nitrogen and oxygen atoms in total. The minimum absolute atomic E-state index is 0.00595. The number of likely N-dealkylation sites (N-methyl/N-ethyl adjacent to an activating group) is 1. The van der Waals surface area contributed by atoms with Crippen LogP contribution in [0.2, 0.25) is 0 Å². The van der Waals surface area contributed by atoms with Gasteiger partial charge in [-0.15, -0.1) is 11.6 Å². The fourth-order valence-electron chi connectivity index (χ4n) is 10.8. The Kier molecular flexibility index (Phi) is 24.7. The number of fused-ring (bicyclic) bond motifs is 4. The van der Waals surface area contributed by atoms with Gasteiger partial charge in [0.15, 0.2) is 0 Å². The van der Waals surface area contributed by atoms with E-state index < -0.39 is 77.9 Å². The number of rotatable bonds is 30. The van der Waals surface area contributed by atoms with Crippen LogP contribution in [0.3, 0.4) is 0 Å². The van der Waals surface area contributed by atoms with E-state index in [0.29, 0.717) is 51.6 Å². The molecule has 0 saturated carbocycles. The summed E-state index contributed by atoms with van der Waals surface area (Å²) < 4.78 is 22.4. The molecule has 4 heterocycles. The minimum atomic E-state index is -1.17. The van der Waals surface area contributed by atoms with Crippen LogP contribution in [0.25, 0.3) is 21.7 Å². The van der Waals surface area contributed by atoms with Crippen molar-refractivity contribution in [2.24, 2.45) is 17.4 Å². The zero-order valence-corrected chi connectivity index (χ0v) is 54.1. The number of nitrogens with one attached hydrogen (secondary N) is 7. The Morgan fingerprint density at radius 3 is 2.24 bits per heavy atom. The van der Waals surface area contributed by atoms with E-state index >= 15 is 0 Å². The molecule has 0 saturated heterocycles. The number of aryl methyl sites for hydroxylation is 1. The third-order valence-electron chi connectivity index (χ3n) is 15.9. The number of alkyl carbamates (subject to hydrolysis) is 1. The maximum Gasteiger partial charge on any atom is 0.415 e. The predicted molar refractivity (Wildman–Crippen MR) is 353 cm³/mol. The maximum atomic E-state index is 14.7. The largest absolute Gasteiger partial charge is 0.512 e. The highest BCUT2D eigenvalue weighted by molar-refractivity contribution is 6.20. The number of H-pyrrole nitrogens is 1. The van der Waals surface area contributed by atoms with Crippen molar-refractivity contribution >= 4 is 116 Å². The highest BCUT2D eigenvalue weighted by Crippen LogP contribution is 2.47. The molecule has 12 N–H and O–H groups in total. The Balaban J connectivity index is 0.874. The smallest absolute Gasteiger partial charge is 0.415 e. The highest BCUT2D eigenvalue weighted by atomic mass is 35.5. The van der Waals surface area contributed by atoms with E-state index in [-0.39, 0.29) is 132 Å². The molecule has 510 valence electrons. The summed E-state index contributed by atoms with van der Waals surface area (Å²) in [6.07, 6.45) is 5.57. The number of primary amides is 2. The fourth-order valence-corrected chi connectivity index (χ4v) is 11.0. The number of aliphatic hydroxyl groups excluding tert-OH is 1. The molecule has 3 aromatic carbocycles. The molecule has 0 unspecified atom stereocenters. The SMILES string of the molecule is Cc1cccc2c(OC(=O)N(CCCNC(N)=O)CCN(C)C(=O)OCc3ccc(NC(=O)[C@H](CCCNC(N)=O)NC(=O)[C@@H](NC(=O)OCCOCCN4C(=O)C=CC4=O)C(C)C)cc3)cc3c(c12)[C@H](CCl)CN3C(=O)c1cc2cc(NC(=O)C3=CC=C(O)CC3)ncc2[nH]1. The predicted octanol–water partition coefficient (Wildman–Crippen LogP) is 5.80. The van der Waals surface area contributed by atoms with Crippen molar-refractivity contribution in [1.82, 2.24) is 45.9 Å². The molecule has 2 aromatic heterocycles. The van der Waals surface area contributed by atoms with Gasteiger partial charge in [0, 0.05) is 105 Å². The second-order valence-electron chi connectivity index (χ2n) is 23.1. The molecule has 2 aliphatic heterocycles. The second-order valence-corrected chi connectivity index (χ2v) is 23.5. The molecule has 3 atom stereocenters. The molecule has 0 spiro atoms. The number of amides is 13. The van der Waals surface area contributed by atoms with Crippen molar-refractivity contribution in [2.45, 2.75) is 77.5 Å². The number of allylic oxidation sites excluding steroid dienone is 3. The van der Waals surface area contributed by atoms with Gasteiger partial charge in [-0.2, -0.15) is 0 Å². The van der Waals surface area contributed by atoms with Crippen molar-refractivity contribution in [3.8, 4) is 5.75 Å². The number of pyridine rings is 1. The van der Waals surface area contributed by atoms with Crippen LogP contribution in [0.4, 0.5) is 41.2 Å². The Hall–Kier alpha value is -10.8. The van der Waals surface area contributed by atoms with Crippen LogP contribution in [0.5, 0.6) is 5.75 Å². The minimum Gasteiger partial charge on any atom is -0.512 e. The van der Waals surface area contributed by atoms with E-state index in [1.54, 1.807) is 73.4 Å². The average molecular weight is 1350 g/mol. The first kappa shape index (κ1) is 71.1. The Morgan fingerprint density at radius 1 is 0.823 bits per heavy atom. The van der Waals surface area contributed by atoms with Crippen molar-refractivity contribution in [1.29, 1.82) is 0 Å². The second kappa shape index (κ2) is 33.4. The van der Waals surface area contributed by atoms with Gasteiger partial charge in [0.2, 0.25) is 11.8 Å². The lowest BCUT2D eigenvalue weighted by Crippen LogP contribution is -2.54. The number of benzene rings is 3. The van der Waals surface area contributed by atoms with E-state index in [2.05, 4.69) is 41.9 Å². The monoisotopic (exact) mass is 1340 g/mol. The van der Waals surface area contributed by atoms with Crippen LogP contribution in [0, 0.1) is 12.8 Å². The zero-order valence-electron chi connectivity index (χ0n) is 53.3. The summed E-state index contributed by atoms with van der Waals surface area (Å²) in [7, 11) is 1.48. The van der Waals surface area contributed by atoms with Crippen molar-refractivity contribution in [3.05, 3.63) is 125 Å². The third kappa shape index (κ3) is 19.0. The maximum absolute atomic E-state index is 14.7. The lowest BCUT2D eigenvalue weighted by molar-refractivity contribution is -0.137. The Bertz CT molecular complexity index is 3850. The van der Waals surface area contributed by atoms with Gasteiger partial charge in [-0.1, -0.05) is 50.3 Å². The first-order chi connectivity index (χ1) is 46.0. The summed E-state index contributed by atoms with van der Waals surface area (Å²) in [5, 5.41) is 27.3. The number of imide groups is 1. The number of aromatic nitrogens is 2. The number of urea groups is 2. The lowest BCUT2D eigenvalue weighted by Gasteiger charge is -2.26. The Morgan fingerprint density at radius 2 is 1.55 bits per heavy atom. The number of hydrogen-bond donors (Lipinski definition) is 10. The van der Waals surface area contributed by atoms with Crippen molar-refractivity contribution < 1.29 is 76.8 Å². The number of aliphatic hydroxyl groups is 1. The normalized spacial score (nSPS) is 14.7. The van der Waals surface area contributed by atoms with Crippen LogP contribution < -0.4 is 53.0 Å². The molecule has 0 radical (unpaired) electrons. The summed E-state index contributed by atoms with van der Waals surface area (Å²) in [5.74, 6) is -3.06. The fraction of sp³-hybridized carbons (Fsp3) is 0.385. The molecular weight excluding hydrogens is 1270 g/mol. The van der Waals surface area contributed by atoms with E-state index in [0.717, 1.165) is 33.6 Å². The van der Waals surface area contributed by atoms with Gasteiger partial charge in [0.1, 0.15) is 42.6 Å². The number of carbonyl (C=O) groups is 11. The molecule has 13 amide bonds. The van der Waals surface area contributed by atoms with Gasteiger partial charge >= 0.3 is 30.3 Å². The summed E-state index contributed by atoms with van der Waals surface area (Å²) in [6.45, 7) is 5.12. The van der Waals surface area contributed by atoms with Crippen LogP contribution in [0.1, 0.15) is 79.0 Å². The summed E-state index contributed by atoms with van der Waals surface area (Å²) in [6, 6.07) is 12.9. The van der Waals surface area contributed by atoms with Gasteiger partial charge in [0.25, 0.3) is 23.6 Å². The molecule has 0 bridgehead atoms. The first-order valence-electron chi connectivity index (χ1n) is 31.0.